The van der Waals surface area contributed by atoms with Crippen molar-refractivity contribution >= 4 is 0 Å². The maximum atomic E-state index is 5.50. The highest BCUT2D eigenvalue weighted by atomic mass is 16.5. The van der Waals surface area contributed by atoms with Crippen LogP contribution < -0.4 is 10.1 Å². The van der Waals surface area contributed by atoms with E-state index < -0.39 is 0 Å². The molecule has 0 spiro atoms. The summed E-state index contributed by atoms with van der Waals surface area (Å²) in [6, 6.07) is 4.39. The van der Waals surface area contributed by atoms with Crippen LogP contribution in [0.5, 0.6) is 5.75 Å². The van der Waals surface area contributed by atoms with Gasteiger partial charge in [0, 0.05) is 0 Å². The zero-order valence-electron chi connectivity index (χ0n) is 11.2. The molecule has 1 aromatic carbocycles. The van der Waals surface area contributed by atoms with Crippen LogP contribution in [0.3, 0.4) is 0 Å². The maximum absolute atomic E-state index is 5.50. The van der Waals surface area contributed by atoms with E-state index in [1.165, 1.54) is 30.4 Å². The maximum Gasteiger partial charge on any atom is 0.122 e. The van der Waals surface area contributed by atoms with Gasteiger partial charge >= 0.3 is 0 Å². The molecule has 1 atom stereocenters. The summed E-state index contributed by atoms with van der Waals surface area (Å²) in [5.41, 5.74) is 4.52. The zero-order valence-corrected chi connectivity index (χ0v) is 11.2. The summed E-state index contributed by atoms with van der Waals surface area (Å²) in [6.07, 6.45) is 4.90. The van der Waals surface area contributed by atoms with E-state index in [1.54, 1.807) is 12.7 Å². The second-order valence-corrected chi connectivity index (χ2v) is 4.97. The van der Waals surface area contributed by atoms with Gasteiger partial charge in [-0.3, -0.25) is 0 Å². The van der Waals surface area contributed by atoms with Crippen molar-refractivity contribution in [2.24, 2.45) is 0 Å². The number of benzene rings is 1. The number of likely N-dealkylation sites (N-methyl/N-ethyl adjacent to an activating group) is 1. The fourth-order valence-corrected chi connectivity index (χ4v) is 2.96. The number of rotatable bonds is 4. The third kappa shape index (κ3) is 2.47. The molecule has 94 valence electrons. The molecule has 0 radical (unpaired) electrons. The standard InChI is InChI=1S/C15H23NO/c1-11-5-4-6-13-14(17-3)8-7-12(15(11)13)9-10-16-2/h7-8,11,16H,4-6,9-10H2,1-3H3. The van der Waals surface area contributed by atoms with E-state index in [4.69, 9.17) is 4.74 Å². The lowest BCUT2D eigenvalue weighted by molar-refractivity contribution is 0.403. The van der Waals surface area contributed by atoms with Crippen LogP contribution in [-0.4, -0.2) is 20.7 Å². The van der Waals surface area contributed by atoms with Crippen LogP contribution in [-0.2, 0) is 12.8 Å². The molecule has 0 saturated heterocycles. The first-order valence-corrected chi connectivity index (χ1v) is 6.61. The molecule has 1 aliphatic carbocycles. The molecule has 1 N–H and O–H groups in total. The zero-order chi connectivity index (χ0) is 12.3. The van der Waals surface area contributed by atoms with Crippen LogP contribution in [0.2, 0.25) is 0 Å². The van der Waals surface area contributed by atoms with E-state index in [0.29, 0.717) is 5.92 Å². The van der Waals surface area contributed by atoms with Crippen LogP contribution in [0.4, 0.5) is 0 Å². The summed E-state index contributed by atoms with van der Waals surface area (Å²) in [4.78, 5) is 0. The van der Waals surface area contributed by atoms with Crippen molar-refractivity contribution in [1.82, 2.24) is 5.32 Å². The third-order valence-corrected chi connectivity index (χ3v) is 3.83. The highest BCUT2D eigenvalue weighted by molar-refractivity contribution is 5.48. The first-order valence-electron chi connectivity index (χ1n) is 6.61. The Morgan fingerprint density at radius 3 is 2.94 bits per heavy atom. The molecule has 1 aromatic rings. The van der Waals surface area contributed by atoms with Gasteiger partial charge in [0.15, 0.2) is 0 Å². The van der Waals surface area contributed by atoms with E-state index in [1.807, 2.05) is 7.05 Å². The molecule has 1 aliphatic rings. The first-order chi connectivity index (χ1) is 8.27. The average molecular weight is 233 g/mol. The quantitative estimate of drug-likeness (QED) is 0.863. The Labute approximate surface area is 104 Å². The summed E-state index contributed by atoms with van der Waals surface area (Å²) < 4.78 is 5.50. The van der Waals surface area contributed by atoms with Crippen molar-refractivity contribution in [2.45, 2.75) is 38.5 Å². The Morgan fingerprint density at radius 1 is 1.41 bits per heavy atom. The lowest BCUT2D eigenvalue weighted by Crippen LogP contribution is -2.16. The number of methoxy groups -OCH3 is 1. The van der Waals surface area contributed by atoms with Crippen LogP contribution in [0.15, 0.2) is 12.1 Å². The van der Waals surface area contributed by atoms with Crippen molar-refractivity contribution in [1.29, 1.82) is 0 Å². The molecular weight excluding hydrogens is 210 g/mol. The normalized spacial score (nSPS) is 18.9. The largest absolute Gasteiger partial charge is 0.496 e. The Bertz CT molecular complexity index is 387. The second-order valence-electron chi connectivity index (χ2n) is 4.97. The number of ether oxygens (including phenoxy) is 1. The average Bonchev–Trinajstić information content (AvgIpc) is 2.36. The Balaban J connectivity index is 2.40. The lowest BCUT2D eigenvalue weighted by atomic mass is 9.80. The summed E-state index contributed by atoms with van der Waals surface area (Å²) in [6.45, 7) is 3.39. The minimum absolute atomic E-state index is 0.681. The molecule has 0 saturated carbocycles. The van der Waals surface area contributed by atoms with Crippen LogP contribution in [0.1, 0.15) is 42.4 Å². The minimum atomic E-state index is 0.681. The molecule has 17 heavy (non-hydrogen) atoms. The number of hydrogen-bond donors (Lipinski definition) is 1. The smallest absolute Gasteiger partial charge is 0.122 e. The molecule has 2 rings (SSSR count). The summed E-state index contributed by atoms with van der Waals surface area (Å²) in [7, 11) is 3.79. The van der Waals surface area contributed by atoms with Crippen LogP contribution >= 0.6 is 0 Å². The predicted molar refractivity (Wildman–Crippen MR) is 72.0 cm³/mol. The topological polar surface area (TPSA) is 21.3 Å². The highest BCUT2D eigenvalue weighted by Crippen LogP contribution is 2.38. The van der Waals surface area contributed by atoms with Crippen molar-refractivity contribution < 1.29 is 4.74 Å². The van der Waals surface area contributed by atoms with E-state index in [2.05, 4.69) is 24.4 Å². The fourth-order valence-electron chi connectivity index (χ4n) is 2.96. The summed E-state index contributed by atoms with van der Waals surface area (Å²) in [5, 5.41) is 3.24. The monoisotopic (exact) mass is 233 g/mol. The fraction of sp³-hybridized carbons (Fsp3) is 0.600. The van der Waals surface area contributed by atoms with E-state index in [0.717, 1.165) is 18.7 Å². The second kappa shape index (κ2) is 5.54. The third-order valence-electron chi connectivity index (χ3n) is 3.83. The van der Waals surface area contributed by atoms with Gasteiger partial charge in [-0.1, -0.05) is 13.0 Å². The van der Waals surface area contributed by atoms with Crippen molar-refractivity contribution in [3.63, 3.8) is 0 Å². The highest BCUT2D eigenvalue weighted by Gasteiger charge is 2.22. The molecule has 0 fully saturated rings. The molecule has 0 aromatic heterocycles. The van der Waals surface area contributed by atoms with E-state index >= 15 is 0 Å². The molecule has 0 heterocycles. The number of fused-ring (bicyclic) bond motifs is 1. The molecular formula is C15H23NO. The Hall–Kier alpha value is -1.02. The molecule has 0 amide bonds. The van der Waals surface area contributed by atoms with Crippen LogP contribution in [0, 0.1) is 0 Å². The number of hydrogen-bond acceptors (Lipinski definition) is 2. The molecule has 1 unspecified atom stereocenters. The van der Waals surface area contributed by atoms with Gasteiger partial charge in [0.05, 0.1) is 7.11 Å². The Kier molecular flexibility index (Phi) is 4.06. The summed E-state index contributed by atoms with van der Waals surface area (Å²) in [5.74, 6) is 1.76. The predicted octanol–water partition coefficient (Wildman–Crippen LogP) is 2.90. The number of nitrogens with one attached hydrogen (secondary N) is 1. The van der Waals surface area contributed by atoms with Gasteiger partial charge in [0.1, 0.15) is 5.75 Å². The molecule has 0 aliphatic heterocycles. The van der Waals surface area contributed by atoms with Crippen molar-refractivity contribution in [3.05, 3.63) is 28.8 Å². The Morgan fingerprint density at radius 2 is 2.24 bits per heavy atom. The molecule has 0 bridgehead atoms. The van der Waals surface area contributed by atoms with Crippen molar-refractivity contribution in [2.75, 3.05) is 20.7 Å². The van der Waals surface area contributed by atoms with Gasteiger partial charge in [-0.2, -0.15) is 0 Å². The first kappa shape index (κ1) is 12.4. The van der Waals surface area contributed by atoms with Gasteiger partial charge in [0.2, 0.25) is 0 Å². The van der Waals surface area contributed by atoms with E-state index in [9.17, 15) is 0 Å². The van der Waals surface area contributed by atoms with Gasteiger partial charge in [0.25, 0.3) is 0 Å². The van der Waals surface area contributed by atoms with Gasteiger partial charge in [-0.15, -0.1) is 0 Å². The van der Waals surface area contributed by atoms with Gasteiger partial charge in [-0.05, 0) is 68.0 Å². The SMILES string of the molecule is CNCCc1ccc(OC)c2c1C(C)CCC2. The minimum Gasteiger partial charge on any atom is -0.496 e. The van der Waals surface area contributed by atoms with Gasteiger partial charge < -0.3 is 10.1 Å². The summed E-state index contributed by atoms with van der Waals surface area (Å²) >= 11 is 0. The van der Waals surface area contributed by atoms with Crippen molar-refractivity contribution in [3.8, 4) is 5.75 Å². The van der Waals surface area contributed by atoms with Crippen LogP contribution in [0.25, 0.3) is 0 Å². The lowest BCUT2D eigenvalue weighted by Gasteiger charge is -2.27. The molecule has 2 heteroatoms. The van der Waals surface area contributed by atoms with Gasteiger partial charge in [-0.25, -0.2) is 0 Å². The molecule has 2 nitrogen and oxygen atoms in total. The van der Waals surface area contributed by atoms with E-state index in [-0.39, 0.29) is 0 Å².